The highest BCUT2D eigenvalue weighted by molar-refractivity contribution is 5.94. The summed E-state index contributed by atoms with van der Waals surface area (Å²) < 4.78 is 62.2. The van der Waals surface area contributed by atoms with E-state index in [9.17, 15) is 23.2 Å². The lowest BCUT2D eigenvalue weighted by Crippen LogP contribution is -2.38. The maximum atomic E-state index is 13.5. The fraction of sp³-hybridized carbons (Fsp3) is 0.333. The Morgan fingerprint density at radius 3 is 2.47 bits per heavy atom. The molecule has 0 saturated heterocycles. The number of esters is 1. The van der Waals surface area contributed by atoms with E-state index in [1.54, 1.807) is 38.1 Å². The summed E-state index contributed by atoms with van der Waals surface area (Å²) in [5, 5.41) is 9.22. The van der Waals surface area contributed by atoms with Crippen molar-refractivity contribution in [2.24, 2.45) is 5.73 Å². The van der Waals surface area contributed by atoms with Gasteiger partial charge in [0.1, 0.15) is 12.4 Å². The minimum atomic E-state index is -4.59. The van der Waals surface area contributed by atoms with Crippen molar-refractivity contribution in [2.75, 3.05) is 38.6 Å². The van der Waals surface area contributed by atoms with Gasteiger partial charge in [0.2, 0.25) is 0 Å². The number of nitrogens with zero attached hydrogens (tertiary/aromatic N) is 2. The molecular weight excluding hydrogens is 503 g/mol. The molecule has 1 heterocycles. The van der Waals surface area contributed by atoms with Crippen LogP contribution in [0.4, 0.5) is 18.9 Å². The van der Waals surface area contributed by atoms with Gasteiger partial charge in [-0.3, -0.25) is 4.90 Å². The molecule has 2 N–H and O–H groups in total. The lowest BCUT2D eigenvalue weighted by molar-refractivity contribution is -0.141. The SMILES string of the molecule is CCOCOC1=C(N)N(c2cccc(C(F)(F)F)c2)C(C)=C(C(=O)OCCOC)C1c1ccc(C#N)cc1. The molecule has 3 rings (SSSR count). The Kier molecular flexibility index (Phi) is 9.39. The molecule has 11 heteroatoms. The first-order valence-corrected chi connectivity index (χ1v) is 11.7. The van der Waals surface area contributed by atoms with Crippen LogP contribution in [0.25, 0.3) is 0 Å². The predicted octanol–water partition coefficient (Wildman–Crippen LogP) is 4.78. The molecule has 2 aromatic carbocycles. The van der Waals surface area contributed by atoms with Gasteiger partial charge in [0.15, 0.2) is 12.6 Å². The van der Waals surface area contributed by atoms with Gasteiger partial charge in [-0.2, -0.15) is 18.4 Å². The molecule has 8 nitrogen and oxygen atoms in total. The van der Waals surface area contributed by atoms with Gasteiger partial charge in [-0.25, -0.2) is 4.79 Å². The Morgan fingerprint density at radius 2 is 1.87 bits per heavy atom. The molecule has 202 valence electrons. The van der Waals surface area contributed by atoms with Crippen molar-refractivity contribution in [3.8, 4) is 6.07 Å². The van der Waals surface area contributed by atoms with Gasteiger partial charge in [-0.1, -0.05) is 18.2 Å². The van der Waals surface area contributed by atoms with Gasteiger partial charge < -0.3 is 24.7 Å². The maximum Gasteiger partial charge on any atom is 0.416 e. The second kappa shape index (κ2) is 12.5. The van der Waals surface area contributed by atoms with Crippen LogP contribution in [0.2, 0.25) is 0 Å². The highest BCUT2D eigenvalue weighted by Gasteiger charge is 2.40. The van der Waals surface area contributed by atoms with E-state index in [1.165, 1.54) is 24.1 Å². The lowest BCUT2D eigenvalue weighted by atomic mass is 9.84. The highest BCUT2D eigenvalue weighted by Crippen LogP contribution is 2.44. The van der Waals surface area contributed by atoms with Gasteiger partial charge in [0.05, 0.1) is 35.3 Å². The van der Waals surface area contributed by atoms with E-state index in [0.717, 1.165) is 12.1 Å². The monoisotopic (exact) mass is 531 g/mol. The van der Waals surface area contributed by atoms with Crippen LogP contribution in [0.3, 0.4) is 0 Å². The molecular formula is C27H28F3N3O5. The third kappa shape index (κ3) is 6.27. The minimum absolute atomic E-state index is 0.0238. The number of carbonyl (C=O) groups is 1. The molecule has 0 aliphatic carbocycles. The Bertz CT molecular complexity index is 1250. The van der Waals surface area contributed by atoms with Crippen molar-refractivity contribution in [2.45, 2.75) is 25.9 Å². The summed E-state index contributed by atoms with van der Waals surface area (Å²) in [4.78, 5) is 14.8. The Hall–Kier alpha value is -4.01. The largest absolute Gasteiger partial charge is 0.467 e. The number of carbonyl (C=O) groups excluding carboxylic acids is 1. The molecule has 0 aromatic heterocycles. The number of anilines is 1. The number of ether oxygens (including phenoxy) is 4. The molecule has 38 heavy (non-hydrogen) atoms. The quantitative estimate of drug-likeness (QED) is 0.265. The Labute approximate surface area is 218 Å². The summed E-state index contributed by atoms with van der Waals surface area (Å²) in [6, 6.07) is 13.1. The zero-order valence-corrected chi connectivity index (χ0v) is 21.2. The van der Waals surface area contributed by atoms with E-state index < -0.39 is 23.6 Å². The molecule has 1 unspecified atom stereocenters. The first-order valence-electron chi connectivity index (χ1n) is 11.7. The predicted molar refractivity (Wildman–Crippen MR) is 132 cm³/mol. The Morgan fingerprint density at radius 1 is 1.16 bits per heavy atom. The number of benzene rings is 2. The van der Waals surface area contributed by atoms with E-state index >= 15 is 0 Å². The molecule has 0 fully saturated rings. The average molecular weight is 532 g/mol. The molecule has 0 radical (unpaired) electrons. The van der Waals surface area contributed by atoms with Crippen molar-refractivity contribution in [3.63, 3.8) is 0 Å². The smallest absolute Gasteiger partial charge is 0.416 e. The molecule has 1 aliphatic heterocycles. The van der Waals surface area contributed by atoms with Crippen molar-refractivity contribution >= 4 is 11.7 Å². The number of halogens is 3. The topological polar surface area (TPSA) is 107 Å². The van der Waals surface area contributed by atoms with Crippen LogP contribution >= 0.6 is 0 Å². The second-order valence-electron chi connectivity index (χ2n) is 8.18. The zero-order valence-electron chi connectivity index (χ0n) is 21.2. The van der Waals surface area contributed by atoms with E-state index in [2.05, 4.69) is 0 Å². The van der Waals surface area contributed by atoms with Crippen molar-refractivity contribution in [3.05, 3.63) is 88.1 Å². The maximum absolute atomic E-state index is 13.5. The average Bonchev–Trinajstić information content (AvgIpc) is 2.89. The van der Waals surface area contributed by atoms with Crippen LogP contribution in [0.15, 0.2) is 71.4 Å². The van der Waals surface area contributed by atoms with Crippen molar-refractivity contribution in [1.29, 1.82) is 5.26 Å². The second-order valence-corrected chi connectivity index (χ2v) is 8.18. The molecule has 1 atom stereocenters. The van der Waals surface area contributed by atoms with Crippen LogP contribution in [0.1, 0.15) is 36.5 Å². The first kappa shape index (κ1) is 28.6. The molecule has 0 bridgehead atoms. The summed E-state index contributed by atoms with van der Waals surface area (Å²) in [5.41, 5.74) is 7.04. The van der Waals surface area contributed by atoms with Gasteiger partial charge >= 0.3 is 12.1 Å². The number of nitrogens with two attached hydrogens (primary N) is 1. The molecule has 0 amide bonds. The van der Waals surface area contributed by atoms with E-state index in [0.29, 0.717) is 17.7 Å². The van der Waals surface area contributed by atoms with Gasteiger partial charge in [0, 0.05) is 25.1 Å². The number of methoxy groups -OCH3 is 1. The summed E-state index contributed by atoms with van der Waals surface area (Å²) in [7, 11) is 1.46. The molecule has 1 aliphatic rings. The van der Waals surface area contributed by atoms with Gasteiger partial charge in [-0.05, 0) is 49.7 Å². The Balaban J connectivity index is 2.24. The third-order valence-corrected chi connectivity index (χ3v) is 5.82. The highest BCUT2D eigenvalue weighted by atomic mass is 19.4. The summed E-state index contributed by atoms with van der Waals surface area (Å²) in [5.74, 6) is -1.55. The number of alkyl halides is 3. The normalized spacial score (nSPS) is 15.9. The number of hydrogen-bond donors (Lipinski definition) is 1. The summed E-state index contributed by atoms with van der Waals surface area (Å²) >= 11 is 0. The lowest BCUT2D eigenvalue weighted by Gasteiger charge is -2.37. The van der Waals surface area contributed by atoms with Crippen molar-refractivity contribution < 1.29 is 36.9 Å². The van der Waals surface area contributed by atoms with E-state index in [1.807, 2.05) is 6.07 Å². The zero-order chi connectivity index (χ0) is 27.9. The van der Waals surface area contributed by atoms with E-state index in [-0.39, 0.29) is 48.5 Å². The van der Waals surface area contributed by atoms with Crippen LogP contribution in [0, 0.1) is 11.3 Å². The van der Waals surface area contributed by atoms with Crippen molar-refractivity contribution in [1.82, 2.24) is 0 Å². The van der Waals surface area contributed by atoms with Gasteiger partial charge in [-0.15, -0.1) is 0 Å². The molecule has 2 aromatic rings. The fourth-order valence-electron chi connectivity index (χ4n) is 4.03. The number of allylic oxidation sites excluding steroid dienone is 2. The minimum Gasteiger partial charge on any atom is -0.467 e. The number of hydrogen-bond acceptors (Lipinski definition) is 8. The molecule has 0 saturated carbocycles. The van der Waals surface area contributed by atoms with E-state index in [4.69, 9.17) is 24.7 Å². The van der Waals surface area contributed by atoms with Crippen LogP contribution in [0.5, 0.6) is 0 Å². The summed E-state index contributed by atoms with van der Waals surface area (Å²) in [6.45, 7) is 3.52. The summed E-state index contributed by atoms with van der Waals surface area (Å²) in [6.07, 6.45) is -4.59. The number of nitriles is 1. The van der Waals surface area contributed by atoms with Crippen LogP contribution in [-0.4, -0.2) is 39.7 Å². The number of rotatable bonds is 10. The standard InChI is InChI=1S/C27H28F3N3O5/c1-4-36-16-38-24-23(19-10-8-18(15-31)9-11-19)22(26(34)37-13-12-35-3)17(2)33(25(24)32)21-7-5-6-20(14-21)27(28,29)30/h5-11,14,23H,4,12-13,16,32H2,1-3H3. The first-order chi connectivity index (χ1) is 18.1. The van der Waals surface area contributed by atoms with Gasteiger partial charge in [0.25, 0.3) is 0 Å². The molecule has 0 spiro atoms. The van der Waals surface area contributed by atoms with Crippen LogP contribution < -0.4 is 10.6 Å². The fourth-order valence-corrected chi connectivity index (χ4v) is 4.03. The van der Waals surface area contributed by atoms with Crippen LogP contribution in [-0.2, 0) is 29.9 Å². The third-order valence-electron chi connectivity index (χ3n) is 5.82.